The van der Waals surface area contributed by atoms with Crippen molar-refractivity contribution in [1.29, 1.82) is 0 Å². The van der Waals surface area contributed by atoms with Gasteiger partial charge in [-0.1, -0.05) is 178 Å². The van der Waals surface area contributed by atoms with E-state index in [4.69, 9.17) is 0 Å². The molecule has 1 fully saturated rings. The number of fused-ring (bicyclic) bond motifs is 11. The van der Waals surface area contributed by atoms with Crippen molar-refractivity contribution < 1.29 is 0 Å². The quantitative estimate of drug-likeness (QED) is 0.160. The number of hydrogen-bond donors (Lipinski definition) is 0. The first-order valence-electron chi connectivity index (χ1n) is 20.5. The van der Waals surface area contributed by atoms with Gasteiger partial charge >= 0.3 is 0 Å². The molecule has 56 heavy (non-hydrogen) atoms. The van der Waals surface area contributed by atoms with Crippen LogP contribution in [0.1, 0.15) is 61.8 Å². The zero-order valence-electron chi connectivity index (χ0n) is 32.0. The van der Waals surface area contributed by atoms with E-state index >= 15 is 0 Å². The van der Waals surface area contributed by atoms with E-state index in [9.17, 15) is 0 Å². The van der Waals surface area contributed by atoms with Gasteiger partial charge in [0.15, 0.2) is 0 Å². The van der Waals surface area contributed by atoms with Gasteiger partial charge in [-0.3, -0.25) is 0 Å². The molecule has 0 radical (unpaired) electrons. The van der Waals surface area contributed by atoms with Gasteiger partial charge in [-0.15, -0.1) is 0 Å². The fourth-order valence-electron chi connectivity index (χ4n) is 11.4. The second kappa shape index (κ2) is 11.6. The lowest BCUT2D eigenvalue weighted by Gasteiger charge is -2.27. The Bertz CT molecular complexity index is 3110. The first-order valence-corrected chi connectivity index (χ1v) is 20.5. The van der Waals surface area contributed by atoms with E-state index in [1.165, 1.54) is 136 Å². The van der Waals surface area contributed by atoms with Crippen LogP contribution in [0.15, 0.2) is 170 Å². The maximum Gasteiger partial charge on any atom is 0.0215 e. The summed E-state index contributed by atoms with van der Waals surface area (Å²) in [5.74, 6) is 0. The van der Waals surface area contributed by atoms with E-state index in [1.807, 2.05) is 0 Å². The molecule has 9 aromatic carbocycles. The average molecular weight is 715 g/mol. The minimum atomic E-state index is -0.0835. The molecular formula is C56H42. The van der Waals surface area contributed by atoms with Crippen molar-refractivity contribution in [3.63, 3.8) is 0 Å². The predicted molar refractivity (Wildman–Crippen MR) is 238 cm³/mol. The lowest BCUT2D eigenvalue weighted by atomic mass is 9.76. The molecule has 3 aliphatic carbocycles. The summed E-state index contributed by atoms with van der Waals surface area (Å²) in [6.45, 7) is 4.78. The van der Waals surface area contributed by atoms with E-state index in [1.54, 1.807) is 0 Å². The van der Waals surface area contributed by atoms with Crippen LogP contribution in [0.25, 0.3) is 88.0 Å². The number of benzene rings is 9. The molecule has 0 atom stereocenters. The maximum absolute atomic E-state index is 2.59. The second-order valence-corrected chi connectivity index (χ2v) is 17.1. The summed E-state index contributed by atoms with van der Waals surface area (Å²) in [6, 6.07) is 65.0. The molecule has 0 N–H and O–H groups in total. The molecule has 0 unspecified atom stereocenters. The zero-order valence-corrected chi connectivity index (χ0v) is 32.0. The fourth-order valence-corrected chi connectivity index (χ4v) is 11.4. The summed E-state index contributed by atoms with van der Waals surface area (Å²) >= 11 is 0. The van der Waals surface area contributed by atoms with Gasteiger partial charge in [0.05, 0.1) is 0 Å². The molecular weight excluding hydrogens is 673 g/mol. The third-order valence-corrected chi connectivity index (χ3v) is 14.0. The van der Waals surface area contributed by atoms with Crippen molar-refractivity contribution in [3.05, 3.63) is 192 Å². The highest BCUT2D eigenvalue weighted by Crippen LogP contribution is 2.58. The maximum atomic E-state index is 2.59. The third kappa shape index (κ3) is 4.30. The first kappa shape index (κ1) is 32.0. The summed E-state index contributed by atoms with van der Waals surface area (Å²) in [4.78, 5) is 0. The van der Waals surface area contributed by atoms with Crippen LogP contribution in [0.3, 0.4) is 0 Å². The minimum absolute atomic E-state index is 0.0835. The normalized spacial score (nSPS) is 15.7. The lowest BCUT2D eigenvalue weighted by molar-refractivity contribution is 0.550. The summed E-state index contributed by atoms with van der Waals surface area (Å²) in [5.41, 5.74) is 19.3. The molecule has 0 heterocycles. The Balaban J connectivity index is 1.16. The van der Waals surface area contributed by atoms with Crippen LogP contribution in [0.4, 0.5) is 0 Å². The van der Waals surface area contributed by atoms with Crippen LogP contribution in [0.5, 0.6) is 0 Å². The van der Waals surface area contributed by atoms with Crippen molar-refractivity contribution in [1.82, 2.24) is 0 Å². The van der Waals surface area contributed by atoms with E-state index in [-0.39, 0.29) is 10.8 Å². The molecule has 266 valence electrons. The molecule has 0 nitrogen and oxygen atoms in total. The molecule has 0 aromatic heterocycles. The molecule has 1 spiro atoms. The van der Waals surface area contributed by atoms with Crippen LogP contribution < -0.4 is 0 Å². The van der Waals surface area contributed by atoms with E-state index < -0.39 is 0 Å². The molecule has 0 saturated heterocycles. The van der Waals surface area contributed by atoms with Gasteiger partial charge < -0.3 is 0 Å². The van der Waals surface area contributed by atoms with Gasteiger partial charge in [-0.2, -0.15) is 0 Å². The standard InChI is InChI=1S/C56H42/c1-55(2)49-22-9-7-17-41(49)43-27-25-37(33-51(43)55)54-46-20-6-5-19-45(46)53(47-29-24-36(32-48(47)54)40-21-13-15-35-14-3-4-16-39(35)40)38-26-28-44-42-18-8-10-23-50(42)56(52(44)34-38)30-11-12-31-56/h3-10,13-29,32-34H,11-12,30-31H2,1-2H3. The topological polar surface area (TPSA) is 0 Å². The Morgan fingerprint density at radius 3 is 1.59 bits per heavy atom. The summed E-state index contributed by atoms with van der Waals surface area (Å²) < 4.78 is 0. The predicted octanol–water partition coefficient (Wildman–Crippen LogP) is 15.3. The van der Waals surface area contributed by atoms with E-state index in [0.717, 1.165) is 0 Å². The van der Waals surface area contributed by atoms with Crippen LogP contribution in [-0.4, -0.2) is 0 Å². The van der Waals surface area contributed by atoms with Crippen molar-refractivity contribution >= 4 is 32.3 Å². The van der Waals surface area contributed by atoms with Crippen LogP contribution in [-0.2, 0) is 10.8 Å². The van der Waals surface area contributed by atoms with Crippen molar-refractivity contribution in [2.24, 2.45) is 0 Å². The number of rotatable bonds is 3. The van der Waals surface area contributed by atoms with Crippen molar-refractivity contribution in [2.45, 2.75) is 50.4 Å². The van der Waals surface area contributed by atoms with Crippen molar-refractivity contribution in [3.8, 4) is 55.6 Å². The highest BCUT2D eigenvalue weighted by atomic mass is 14.5. The second-order valence-electron chi connectivity index (χ2n) is 17.1. The summed E-state index contributed by atoms with van der Waals surface area (Å²) in [7, 11) is 0. The Hall–Kier alpha value is -6.24. The smallest absolute Gasteiger partial charge is 0.0215 e. The van der Waals surface area contributed by atoms with Gasteiger partial charge in [0, 0.05) is 10.8 Å². The van der Waals surface area contributed by atoms with Gasteiger partial charge in [0.25, 0.3) is 0 Å². The monoisotopic (exact) mass is 714 g/mol. The van der Waals surface area contributed by atoms with Gasteiger partial charge in [-0.25, -0.2) is 0 Å². The zero-order chi connectivity index (χ0) is 37.2. The van der Waals surface area contributed by atoms with Crippen LogP contribution in [0, 0.1) is 0 Å². The lowest BCUT2D eigenvalue weighted by Crippen LogP contribution is -2.20. The Morgan fingerprint density at radius 1 is 0.339 bits per heavy atom. The molecule has 9 aromatic rings. The van der Waals surface area contributed by atoms with Crippen LogP contribution >= 0.6 is 0 Å². The molecule has 0 amide bonds. The Labute approximate surface area is 329 Å². The highest BCUT2D eigenvalue weighted by Gasteiger charge is 2.45. The first-order chi connectivity index (χ1) is 27.5. The third-order valence-electron chi connectivity index (χ3n) is 14.0. The molecule has 1 saturated carbocycles. The highest BCUT2D eigenvalue weighted by molar-refractivity contribution is 6.22. The average Bonchev–Trinajstić information content (AvgIpc) is 3.91. The Kier molecular flexibility index (Phi) is 6.66. The molecule has 0 heteroatoms. The summed E-state index contributed by atoms with van der Waals surface area (Å²) in [6.07, 6.45) is 5.04. The van der Waals surface area contributed by atoms with Gasteiger partial charge in [0.2, 0.25) is 0 Å². The van der Waals surface area contributed by atoms with E-state index in [2.05, 4.69) is 184 Å². The fraction of sp³-hybridized carbons (Fsp3) is 0.143. The Morgan fingerprint density at radius 2 is 0.839 bits per heavy atom. The molecule has 12 rings (SSSR count). The largest absolute Gasteiger partial charge is 0.0619 e. The minimum Gasteiger partial charge on any atom is -0.0619 e. The molecule has 0 bridgehead atoms. The molecule has 0 aliphatic heterocycles. The van der Waals surface area contributed by atoms with Crippen LogP contribution in [0.2, 0.25) is 0 Å². The number of hydrogen-bond acceptors (Lipinski definition) is 0. The van der Waals surface area contributed by atoms with Gasteiger partial charge in [0.1, 0.15) is 0 Å². The van der Waals surface area contributed by atoms with E-state index in [0.29, 0.717) is 0 Å². The van der Waals surface area contributed by atoms with Gasteiger partial charge in [-0.05, 0) is 141 Å². The van der Waals surface area contributed by atoms with Crippen molar-refractivity contribution in [2.75, 3.05) is 0 Å². The molecule has 3 aliphatic rings. The SMILES string of the molecule is CC1(C)c2ccccc2-c2ccc(-c3c4ccccc4c(-c4ccc5c(c4)C4(CCCC4)c4ccccc4-5)c4ccc(-c5cccc6ccccc56)cc34)cc21. The summed E-state index contributed by atoms with van der Waals surface area (Å²) in [5, 5.41) is 7.78.